The molecule has 0 aromatic heterocycles. The van der Waals surface area contributed by atoms with Crippen molar-refractivity contribution >= 4 is 29.1 Å². The molecule has 1 saturated carbocycles. The van der Waals surface area contributed by atoms with Gasteiger partial charge in [0.25, 0.3) is 5.91 Å². The number of Topliss-reactive ketones (excluding diaryl/α,β-unsaturated/α-hetero) is 1. The summed E-state index contributed by atoms with van der Waals surface area (Å²) in [7, 11) is 2.88. The number of fused-ring (bicyclic) bond motifs is 1. The maximum Gasteiger partial charge on any atom is 0.345 e. The van der Waals surface area contributed by atoms with E-state index in [-0.39, 0.29) is 24.8 Å². The minimum absolute atomic E-state index is 0.0675. The molecule has 8 nitrogen and oxygen atoms in total. The molecule has 1 aromatic carbocycles. The van der Waals surface area contributed by atoms with E-state index in [2.05, 4.69) is 0 Å². The Hall–Kier alpha value is -2.74. The van der Waals surface area contributed by atoms with E-state index in [0.29, 0.717) is 5.69 Å². The molecule has 0 unspecified atom stereocenters. The van der Waals surface area contributed by atoms with E-state index in [1.807, 2.05) is 45.0 Å². The molecule has 1 aliphatic heterocycles. The zero-order valence-corrected chi connectivity index (χ0v) is 19.8. The number of ketones is 1. The van der Waals surface area contributed by atoms with Gasteiger partial charge in [-0.3, -0.25) is 19.3 Å². The number of benzene rings is 1. The number of para-hydroxylation sites is 1. The molecule has 0 N–H and O–H groups in total. The molecule has 0 saturated heterocycles. The van der Waals surface area contributed by atoms with Crippen LogP contribution in [0.1, 0.15) is 58.4 Å². The van der Waals surface area contributed by atoms with Crippen LogP contribution >= 0.6 is 0 Å². The van der Waals surface area contributed by atoms with Crippen molar-refractivity contribution in [1.29, 1.82) is 0 Å². The number of nitrogens with zero attached hydrogens (tertiary/aromatic N) is 4. The van der Waals surface area contributed by atoms with E-state index in [1.54, 1.807) is 0 Å². The lowest BCUT2D eigenvalue weighted by atomic mass is 9.83. The maximum absolute atomic E-state index is 13.6. The number of urea groups is 1. The topological polar surface area (TPSA) is 82.5 Å². The van der Waals surface area contributed by atoms with Gasteiger partial charge in [-0.1, -0.05) is 58.2 Å². The molecule has 0 bridgehead atoms. The number of amides is 3. The summed E-state index contributed by atoms with van der Waals surface area (Å²) < 4.78 is 0. The second-order valence-electron chi connectivity index (χ2n) is 9.51. The summed E-state index contributed by atoms with van der Waals surface area (Å²) in [5, 5.41) is 7.01. The highest BCUT2D eigenvalue weighted by Gasteiger charge is 2.36. The summed E-state index contributed by atoms with van der Waals surface area (Å²) in [4.78, 5) is 45.6. The number of hydroxylamine groups is 2. The normalized spacial score (nSPS) is 17.5. The van der Waals surface area contributed by atoms with Crippen LogP contribution in [0.25, 0.3) is 0 Å². The van der Waals surface area contributed by atoms with Crippen LogP contribution in [0.15, 0.2) is 29.4 Å². The van der Waals surface area contributed by atoms with E-state index in [0.717, 1.165) is 42.0 Å². The molecular weight excluding hydrogens is 408 g/mol. The van der Waals surface area contributed by atoms with Crippen molar-refractivity contribution in [2.45, 2.75) is 52.9 Å². The number of hydrazone groups is 1. The van der Waals surface area contributed by atoms with Gasteiger partial charge in [0.2, 0.25) is 0 Å². The first-order valence-electron chi connectivity index (χ1n) is 11.2. The van der Waals surface area contributed by atoms with Gasteiger partial charge in [0.1, 0.15) is 6.54 Å². The average molecular weight is 443 g/mol. The molecule has 3 rings (SSSR count). The minimum Gasteiger partial charge on any atom is -0.297 e. The number of carbonyl (C=O) groups is 3. The summed E-state index contributed by atoms with van der Waals surface area (Å²) in [6.07, 6.45) is 5.39. The molecular formula is C24H34N4O4. The van der Waals surface area contributed by atoms with Crippen LogP contribution in [0.4, 0.5) is 10.5 Å². The molecule has 0 atom stereocenters. The lowest BCUT2D eigenvalue weighted by Gasteiger charge is -2.28. The zero-order valence-electron chi connectivity index (χ0n) is 19.8. The molecule has 2 aliphatic rings. The Labute approximate surface area is 190 Å². The van der Waals surface area contributed by atoms with Crippen molar-refractivity contribution in [2.75, 3.05) is 32.1 Å². The molecule has 0 radical (unpaired) electrons. The molecule has 1 aromatic rings. The summed E-state index contributed by atoms with van der Waals surface area (Å²) in [6.45, 7) is 5.15. The predicted molar refractivity (Wildman–Crippen MR) is 123 cm³/mol. The fourth-order valence-corrected chi connectivity index (χ4v) is 4.04. The zero-order chi connectivity index (χ0) is 23.5. The lowest BCUT2D eigenvalue weighted by molar-refractivity contribution is -0.169. The quantitative estimate of drug-likeness (QED) is 0.627. The highest BCUT2D eigenvalue weighted by molar-refractivity contribution is 6.13. The van der Waals surface area contributed by atoms with Crippen LogP contribution in [0.2, 0.25) is 0 Å². The molecule has 1 fully saturated rings. The molecule has 0 spiro atoms. The third-order valence-electron chi connectivity index (χ3n) is 6.19. The van der Waals surface area contributed by atoms with E-state index < -0.39 is 17.4 Å². The lowest BCUT2D eigenvalue weighted by Crippen LogP contribution is -2.47. The summed E-state index contributed by atoms with van der Waals surface area (Å²) >= 11 is 0. The first kappa shape index (κ1) is 23.9. The predicted octanol–water partition coefficient (Wildman–Crippen LogP) is 3.85. The van der Waals surface area contributed by atoms with Gasteiger partial charge >= 0.3 is 6.03 Å². The second kappa shape index (κ2) is 9.81. The number of hydrogen-bond donors (Lipinski definition) is 0. The van der Waals surface area contributed by atoms with Crippen LogP contribution in [-0.2, 0) is 14.4 Å². The highest BCUT2D eigenvalue weighted by atomic mass is 16.7. The van der Waals surface area contributed by atoms with Gasteiger partial charge in [0.05, 0.1) is 25.1 Å². The SMILES string of the molecule is CON(C)C(=O)CN1N=C(C2CCCCC2)c2ccccc2N(CC(=O)C(C)(C)C)C1=O. The van der Waals surface area contributed by atoms with Gasteiger partial charge in [-0.15, -0.1) is 0 Å². The molecule has 1 aliphatic carbocycles. The molecule has 8 heteroatoms. The van der Waals surface area contributed by atoms with Gasteiger partial charge in [0.15, 0.2) is 5.78 Å². The smallest absolute Gasteiger partial charge is 0.297 e. The number of anilines is 1. The van der Waals surface area contributed by atoms with Crippen LogP contribution < -0.4 is 4.90 Å². The minimum atomic E-state index is -0.606. The maximum atomic E-state index is 13.6. The van der Waals surface area contributed by atoms with Crippen LogP contribution in [0, 0.1) is 11.3 Å². The van der Waals surface area contributed by atoms with Gasteiger partial charge in [-0.2, -0.15) is 5.10 Å². The Balaban J connectivity index is 2.08. The van der Waals surface area contributed by atoms with E-state index in [4.69, 9.17) is 9.94 Å². The van der Waals surface area contributed by atoms with E-state index in [9.17, 15) is 14.4 Å². The van der Waals surface area contributed by atoms with Crippen LogP contribution in [-0.4, -0.2) is 60.8 Å². The van der Waals surface area contributed by atoms with Crippen molar-refractivity contribution in [3.05, 3.63) is 29.8 Å². The fourth-order valence-electron chi connectivity index (χ4n) is 4.04. The van der Waals surface area contributed by atoms with E-state index >= 15 is 0 Å². The van der Waals surface area contributed by atoms with Crippen molar-refractivity contribution < 1.29 is 19.2 Å². The average Bonchev–Trinajstić information content (AvgIpc) is 2.89. The molecule has 1 heterocycles. The fraction of sp³-hybridized carbons (Fsp3) is 0.583. The first-order valence-corrected chi connectivity index (χ1v) is 11.2. The standard InChI is InChI=1S/C24H34N4O4/c1-24(2,3)20(29)15-27-19-14-10-9-13-18(19)22(17-11-7-6-8-12-17)25-28(23(27)31)16-21(30)26(4)32-5/h9-10,13-14,17H,6-8,11-12,15-16H2,1-5H3. The molecule has 174 valence electrons. The van der Waals surface area contributed by atoms with Crippen molar-refractivity contribution in [2.24, 2.45) is 16.4 Å². The van der Waals surface area contributed by atoms with Crippen LogP contribution in [0.3, 0.4) is 0 Å². The summed E-state index contributed by atoms with van der Waals surface area (Å²) in [6, 6.07) is 7.10. The Morgan fingerprint density at radius 1 is 1.12 bits per heavy atom. The second-order valence-corrected chi connectivity index (χ2v) is 9.51. The third-order valence-corrected chi connectivity index (χ3v) is 6.19. The summed E-state index contributed by atoms with van der Waals surface area (Å²) in [5.41, 5.74) is 1.72. The Kier molecular flexibility index (Phi) is 7.33. The van der Waals surface area contributed by atoms with Crippen molar-refractivity contribution in [1.82, 2.24) is 10.1 Å². The number of carbonyl (C=O) groups excluding carboxylic acids is 3. The van der Waals surface area contributed by atoms with E-state index in [1.165, 1.54) is 30.5 Å². The third kappa shape index (κ3) is 5.18. The molecule has 32 heavy (non-hydrogen) atoms. The summed E-state index contributed by atoms with van der Waals surface area (Å²) in [5.74, 6) is -0.267. The Morgan fingerprint density at radius 3 is 2.41 bits per heavy atom. The number of hydrogen-bond acceptors (Lipinski definition) is 5. The number of likely N-dealkylation sites (N-methyl/N-ethyl adjacent to an activating group) is 1. The Morgan fingerprint density at radius 2 is 1.78 bits per heavy atom. The van der Waals surface area contributed by atoms with Gasteiger partial charge in [-0.05, 0) is 18.9 Å². The largest absolute Gasteiger partial charge is 0.345 e. The van der Waals surface area contributed by atoms with Gasteiger partial charge in [0, 0.05) is 23.9 Å². The van der Waals surface area contributed by atoms with Gasteiger partial charge in [-0.25, -0.2) is 14.9 Å². The highest BCUT2D eigenvalue weighted by Crippen LogP contribution is 2.34. The number of rotatable bonds is 6. The van der Waals surface area contributed by atoms with Crippen molar-refractivity contribution in [3.63, 3.8) is 0 Å². The van der Waals surface area contributed by atoms with Gasteiger partial charge < -0.3 is 0 Å². The molecule has 3 amide bonds. The first-order chi connectivity index (χ1) is 15.1. The van der Waals surface area contributed by atoms with Crippen LogP contribution in [0.5, 0.6) is 0 Å². The van der Waals surface area contributed by atoms with Crippen molar-refractivity contribution in [3.8, 4) is 0 Å². The monoisotopic (exact) mass is 442 g/mol. The Bertz CT molecular complexity index is 900.